The van der Waals surface area contributed by atoms with Crippen LogP contribution in [0.2, 0.25) is 0 Å². The van der Waals surface area contributed by atoms with Crippen LogP contribution in [-0.2, 0) is 10.8 Å². The highest BCUT2D eigenvalue weighted by Gasteiger charge is 2.51. The highest BCUT2D eigenvalue weighted by atomic mass is 32.1. The van der Waals surface area contributed by atoms with Crippen LogP contribution >= 0.6 is 68.0 Å². The number of hydrogen-bond acceptors (Lipinski definition) is 6. The maximum atomic E-state index is 2.49. The summed E-state index contributed by atoms with van der Waals surface area (Å²) in [4.78, 5) is 11.2. The molecular weight excluding hydrogens is 697 g/mol. The van der Waals surface area contributed by atoms with E-state index in [1.807, 2.05) is 95.7 Å². The van der Waals surface area contributed by atoms with Crippen LogP contribution in [0.25, 0.3) is 31.7 Å². The Morgan fingerprint density at radius 3 is 1.04 bits per heavy atom. The van der Waals surface area contributed by atoms with E-state index in [-0.39, 0.29) is 10.8 Å². The summed E-state index contributed by atoms with van der Waals surface area (Å²) in [7, 11) is 0. The van der Waals surface area contributed by atoms with Gasteiger partial charge in [-0.15, -0.1) is 68.0 Å². The number of hydrogen-bond donors (Lipinski definition) is 0. The van der Waals surface area contributed by atoms with E-state index < -0.39 is 0 Å². The van der Waals surface area contributed by atoms with Crippen molar-refractivity contribution in [2.45, 2.75) is 52.4 Å². The lowest BCUT2D eigenvalue weighted by Gasteiger charge is -2.42. The second kappa shape index (κ2) is 12.3. The average Bonchev–Trinajstić information content (AvgIpc) is 3.96. The number of thiophene rings is 6. The summed E-state index contributed by atoms with van der Waals surface area (Å²) in [5.41, 5.74) is 7.82. The summed E-state index contributed by atoms with van der Waals surface area (Å²) in [6.45, 7) is 12.6. The van der Waals surface area contributed by atoms with E-state index in [1.165, 1.54) is 83.2 Å². The largest absolute Gasteiger partial charge is 0.147 e. The molecule has 2 aliphatic rings. The van der Waals surface area contributed by atoms with Crippen LogP contribution in [0, 0.1) is 13.8 Å². The van der Waals surface area contributed by atoms with Crippen molar-refractivity contribution in [2.24, 2.45) is 0 Å². The summed E-state index contributed by atoms with van der Waals surface area (Å²) in [5.74, 6) is 0. The van der Waals surface area contributed by atoms with E-state index >= 15 is 0 Å². The molecule has 8 aromatic rings. The van der Waals surface area contributed by atoms with Crippen molar-refractivity contribution < 1.29 is 0 Å². The fraction of sp³-hybridized carbons (Fsp3) is 0.190. The van der Waals surface area contributed by atoms with Gasteiger partial charge in [0, 0.05) is 50.1 Å². The molecule has 0 unspecified atom stereocenters. The summed E-state index contributed by atoms with van der Waals surface area (Å²) in [5, 5.41) is 11.9. The molecule has 2 aliphatic carbocycles. The van der Waals surface area contributed by atoms with Gasteiger partial charge in [0.25, 0.3) is 0 Å². The summed E-state index contributed by atoms with van der Waals surface area (Å²) >= 11 is 11.5. The molecule has 10 rings (SSSR count). The van der Waals surface area contributed by atoms with Crippen LogP contribution in [0.1, 0.15) is 79.2 Å². The lowest BCUT2D eigenvalue weighted by molar-refractivity contribution is 0.780. The summed E-state index contributed by atoms with van der Waals surface area (Å²) in [6, 6.07) is 33.2. The Morgan fingerprint density at radius 2 is 0.750 bits per heavy atom. The van der Waals surface area contributed by atoms with Crippen molar-refractivity contribution in [2.75, 3.05) is 0 Å². The minimum Gasteiger partial charge on any atom is -0.147 e. The molecule has 6 heterocycles. The van der Waals surface area contributed by atoms with Crippen LogP contribution in [-0.4, -0.2) is 0 Å². The summed E-state index contributed by atoms with van der Waals surface area (Å²) < 4.78 is 0. The van der Waals surface area contributed by atoms with E-state index in [0.29, 0.717) is 0 Å². The Kier molecular flexibility index (Phi) is 8.26. The Balaban J connectivity index is 0.000000812. The van der Waals surface area contributed by atoms with Gasteiger partial charge < -0.3 is 0 Å². The molecule has 0 N–H and O–H groups in total. The predicted octanol–water partition coefficient (Wildman–Crippen LogP) is 14.6. The van der Waals surface area contributed by atoms with Crippen molar-refractivity contribution in [3.05, 3.63) is 158 Å². The maximum Gasteiger partial charge on any atom is 0.0907 e. The van der Waals surface area contributed by atoms with E-state index in [1.54, 1.807) is 0 Å². The zero-order chi connectivity index (χ0) is 33.2. The van der Waals surface area contributed by atoms with Gasteiger partial charge in [0.05, 0.1) is 10.8 Å². The van der Waals surface area contributed by atoms with E-state index in [4.69, 9.17) is 0 Å². The molecule has 0 saturated carbocycles. The third kappa shape index (κ3) is 4.14. The normalized spacial score (nSPS) is 14.4. The van der Waals surface area contributed by atoms with Gasteiger partial charge in [0.15, 0.2) is 0 Å². The molecule has 0 amide bonds. The first-order chi connectivity index (χ1) is 23.6. The van der Waals surface area contributed by atoms with E-state index in [9.17, 15) is 0 Å². The number of aryl methyl sites for hydroxylation is 2. The molecule has 0 saturated heterocycles. The first-order valence-electron chi connectivity index (χ1n) is 16.6. The second-order valence-corrected chi connectivity index (χ2v) is 18.0. The molecular formula is C42H36S6. The molecule has 240 valence electrons. The average molecular weight is 733 g/mol. The quantitative estimate of drug-likeness (QED) is 0.169. The monoisotopic (exact) mass is 732 g/mol. The van der Waals surface area contributed by atoms with Gasteiger partial charge in [-0.2, -0.15) is 0 Å². The SMILES string of the molecule is CC.CC.Cc1cc2c(s1)-c1ccc3c4c(ccc(c14)C2(c1cccs1)c1cccs1)-c1sc(C)cc1C3(c1cccs1)c1cccs1. The van der Waals surface area contributed by atoms with Crippen molar-refractivity contribution in [3.8, 4) is 20.9 Å². The van der Waals surface area contributed by atoms with Gasteiger partial charge in [-0.1, -0.05) is 76.2 Å². The minimum atomic E-state index is -0.341. The lowest BCUT2D eigenvalue weighted by atomic mass is 9.62. The first kappa shape index (κ1) is 32.1. The van der Waals surface area contributed by atoms with Gasteiger partial charge in [0.1, 0.15) is 0 Å². The zero-order valence-electron chi connectivity index (χ0n) is 27.8. The van der Waals surface area contributed by atoms with Crippen LogP contribution in [0.15, 0.2) is 106 Å². The van der Waals surface area contributed by atoms with Crippen LogP contribution in [0.4, 0.5) is 0 Å². The van der Waals surface area contributed by atoms with E-state index in [2.05, 4.69) is 120 Å². The van der Waals surface area contributed by atoms with Crippen LogP contribution in [0.3, 0.4) is 0 Å². The Morgan fingerprint density at radius 1 is 0.417 bits per heavy atom. The third-order valence-electron chi connectivity index (χ3n) is 9.54. The second-order valence-electron chi connectivity index (χ2n) is 11.7. The molecule has 0 aliphatic heterocycles. The molecule has 2 aromatic carbocycles. The Hall–Kier alpha value is -3.10. The highest BCUT2D eigenvalue weighted by molar-refractivity contribution is 7.17. The van der Waals surface area contributed by atoms with Gasteiger partial charge in [-0.3, -0.25) is 0 Å². The predicted molar refractivity (Wildman–Crippen MR) is 218 cm³/mol. The smallest absolute Gasteiger partial charge is 0.0907 e. The minimum absolute atomic E-state index is 0.341. The van der Waals surface area contributed by atoms with Gasteiger partial charge in [0.2, 0.25) is 0 Å². The zero-order valence-corrected chi connectivity index (χ0v) is 32.7. The topological polar surface area (TPSA) is 0 Å². The van der Waals surface area contributed by atoms with Crippen LogP contribution < -0.4 is 0 Å². The summed E-state index contributed by atoms with van der Waals surface area (Å²) in [6.07, 6.45) is 0. The molecule has 0 nitrogen and oxygen atoms in total. The third-order valence-corrected chi connectivity index (χ3v) is 15.7. The fourth-order valence-corrected chi connectivity index (χ4v) is 14.2. The molecule has 0 atom stereocenters. The molecule has 0 fully saturated rings. The highest BCUT2D eigenvalue weighted by Crippen LogP contribution is 2.64. The number of fused-ring (bicyclic) bond motifs is 4. The Bertz CT molecular complexity index is 2100. The lowest BCUT2D eigenvalue weighted by Crippen LogP contribution is -2.34. The molecule has 48 heavy (non-hydrogen) atoms. The van der Waals surface area contributed by atoms with Crippen LogP contribution in [0.5, 0.6) is 0 Å². The molecule has 6 heteroatoms. The van der Waals surface area contributed by atoms with Gasteiger partial charge >= 0.3 is 0 Å². The first-order valence-corrected chi connectivity index (χ1v) is 21.8. The molecule has 0 spiro atoms. The van der Waals surface area contributed by atoms with Crippen molar-refractivity contribution in [1.82, 2.24) is 0 Å². The Labute approximate surface area is 307 Å². The molecule has 6 aromatic heterocycles. The molecule has 0 radical (unpaired) electrons. The number of rotatable bonds is 4. The van der Waals surface area contributed by atoms with Crippen molar-refractivity contribution in [1.29, 1.82) is 0 Å². The molecule has 0 bridgehead atoms. The standard InChI is InChI=1S/C38H24S6.2C2H6/c1-21-19-27-35(43-21)23-11-13-26-34-24(12-14-25(33(23)34)37(27,29-7-3-15-39-29)30-8-4-16-40-30)36-28(20-22(2)44-36)38(26,31-9-5-17-41-31)32-10-6-18-42-32;2*1-2/h3-20H,1-2H3;2*1-2H3. The van der Waals surface area contributed by atoms with Gasteiger partial charge in [-0.05, 0) is 105 Å². The van der Waals surface area contributed by atoms with E-state index in [0.717, 1.165) is 0 Å². The van der Waals surface area contributed by atoms with Gasteiger partial charge in [-0.25, -0.2) is 0 Å². The van der Waals surface area contributed by atoms with Crippen molar-refractivity contribution >= 4 is 78.8 Å². The maximum absolute atomic E-state index is 2.49. The number of benzene rings is 2. The van der Waals surface area contributed by atoms with Crippen molar-refractivity contribution in [3.63, 3.8) is 0 Å². The fourth-order valence-electron chi connectivity index (χ4n) is 8.05.